The van der Waals surface area contributed by atoms with E-state index in [2.05, 4.69) is 105 Å². The van der Waals surface area contributed by atoms with Crippen molar-refractivity contribution < 1.29 is 64.0 Å². The predicted octanol–water partition coefficient (Wildman–Crippen LogP) is 23.9. The van der Waals surface area contributed by atoms with Crippen molar-refractivity contribution in [3.05, 3.63) is 331 Å². The summed E-state index contributed by atoms with van der Waals surface area (Å²) in [5.41, 5.74) is 7.20. The summed E-state index contributed by atoms with van der Waals surface area (Å²) in [6.45, 7) is 18.0. The van der Waals surface area contributed by atoms with Gasteiger partial charge in [0.2, 0.25) is 0 Å². The standard InChI is InChI=1S/C97H77BN5.U/c1-95(2,3)70-51-69(52-71(55-70)96(4,5)6)67-47-50-81-88(54-67)102(87-58-73(48-45-68(87)61-99)100-85-43-27-24-39-78(85)92-75(40-28-44-86(92)100)63-31-16-11-17-32-63)90-59-74(101-83-41-25-22-37-76(83)77-38-23-26-42-84(77)101)60-91-93(90)98(81)82-49-46-66(62-29-14-10-15-30-62)53-89(82)103(91)94-79(64-33-18-12-19-34-64)56-72(97(7,8)9)57-80(94)65-35-20-13-21-36-65;/h10-41,43-60H,1-9H3;/q-1;/i10D,11D,14D,15D,16D,17D,22D,23D,24D,25D,26D,27D,28D,29D,30D,31D,32D,37D,38D,39D,40D,41D,43D,44D;. The molecule has 498 valence electrons. The predicted molar refractivity (Wildman–Crippen MR) is 436 cm³/mol. The number of hydrogen-bond acceptors (Lipinski definition) is 3. The normalized spacial score (nSPS) is 15.9. The van der Waals surface area contributed by atoms with Gasteiger partial charge < -0.3 is 18.9 Å². The molecule has 0 aliphatic carbocycles. The van der Waals surface area contributed by atoms with E-state index in [1.54, 1.807) is 24.3 Å². The molecular weight excluding hydrogens is 1480 g/mol. The zero-order chi connectivity index (χ0) is 91.1. The second kappa shape index (κ2) is 25.4. The SMILES string of the molecule is [2H]c1[c-]c2c(c([2H])c1[2H])c1c([2H])c([2H])c([2H])c([2H])c1n2-c1cc2c3c(c1)N(c1c(-c4ccccc4)cc(C(C)(C)C)cc1-c1ccccc1)c1cc(-c4c([2H])c([2H])c([2H])c([2H])c4[2H])ccc1B3c1ccc(-c3cc(C(C)(C)C)cc(C(C)(C)C)c3)cc1N2c1cc(-n2c3c([2H])c([2H])c([2H])c([2H])c3c3c(-c4c([2H])c([2H])c([2H])c([2H])c4[2H])c([2H])c([2H])c([2H])c32)ccc1C#N.[U]. The fraction of sp³-hybridized carbons (Fsp3) is 0.124. The molecule has 0 bridgehead atoms. The van der Waals surface area contributed by atoms with E-state index >= 15 is 0 Å². The fourth-order valence-corrected chi connectivity index (χ4v) is 15.0. The Morgan fingerprint density at radius 3 is 1.49 bits per heavy atom. The third kappa shape index (κ3) is 11.0. The molecule has 2 aliphatic rings. The van der Waals surface area contributed by atoms with E-state index in [1.165, 1.54) is 21.3 Å². The van der Waals surface area contributed by atoms with Crippen LogP contribution in [0.1, 0.15) is 117 Å². The molecular formula is C97H77BN5U-. The zero-order valence-electron chi connectivity index (χ0n) is 82.3. The molecule has 14 aromatic carbocycles. The third-order valence-corrected chi connectivity index (χ3v) is 20.1. The topological polar surface area (TPSA) is 40.1 Å². The molecule has 18 rings (SSSR count). The van der Waals surface area contributed by atoms with Crippen molar-refractivity contribution in [2.75, 3.05) is 9.80 Å². The largest absolute Gasteiger partial charge is 0.334 e. The van der Waals surface area contributed by atoms with Crippen LogP contribution in [0.5, 0.6) is 0 Å². The second-order valence-electron chi connectivity index (χ2n) is 29.4. The Morgan fingerprint density at radius 1 is 0.375 bits per heavy atom. The minimum absolute atomic E-state index is 0. The maximum atomic E-state index is 12.3. The van der Waals surface area contributed by atoms with Gasteiger partial charge in [-0.05, 0) is 173 Å². The van der Waals surface area contributed by atoms with Crippen LogP contribution in [0.3, 0.4) is 0 Å². The monoisotopic (exact) mass is 1580 g/mol. The number of para-hydroxylation sites is 3. The van der Waals surface area contributed by atoms with Gasteiger partial charge in [-0.3, -0.25) is 0 Å². The smallest absolute Gasteiger partial charge is 0.252 e. The Balaban J connectivity index is 0.0000115. The van der Waals surface area contributed by atoms with E-state index in [-0.39, 0.29) is 114 Å². The van der Waals surface area contributed by atoms with E-state index in [4.69, 9.17) is 5.48 Å². The first-order chi connectivity index (χ1) is 59.9. The minimum atomic E-state index is -0.977. The van der Waals surface area contributed by atoms with Crippen LogP contribution in [0, 0.1) is 48.5 Å². The van der Waals surface area contributed by atoms with Crippen LogP contribution < -0.4 is 26.2 Å². The van der Waals surface area contributed by atoms with Crippen LogP contribution in [0.4, 0.5) is 34.1 Å². The third-order valence-electron chi connectivity index (χ3n) is 20.1. The molecule has 0 fully saturated rings. The summed E-state index contributed by atoms with van der Waals surface area (Å²) in [4.78, 5) is 3.89. The quantitative estimate of drug-likeness (QED) is 0.107. The zero-order valence-corrected chi connectivity index (χ0v) is 62.5. The number of rotatable bonds is 9. The van der Waals surface area contributed by atoms with Gasteiger partial charge in [-0.1, -0.05) is 280 Å². The van der Waals surface area contributed by atoms with Crippen LogP contribution in [-0.4, -0.2) is 15.8 Å². The summed E-state index contributed by atoms with van der Waals surface area (Å²) >= 11 is 0. The number of nitriles is 1. The van der Waals surface area contributed by atoms with Crippen molar-refractivity contribution in [1.82, 2.24) is 9.13 Å². The van der Waals surface area contributed by atoms with Gasteiger partial charge in [0.25, 0.3) is 6.71 Å². The first-order valence-corrected chi connectivity index (χ1v) is 34.1. The van der Waals surface area contributed by atoms with Crippen molar-refractivity contribution in [2.45, 2.75) is 78.6 Å². The molecule has 2 aromatic heterocycles. The van der Waals surface area contributed by atoms with E-state index in [0.717, 1.165) is 33.4 Å². The van der Waals surface area contributed by atoms with Crippen LogP contribution in [0.25, 0.3) is 111 Å². The molecule has 7 heteroatoms. The van der Waals surface area contributed by atoms with Crippen molar-refractivity contribution in [2.24, 2.45) is 0 Å². The first kappa shape index (κ1) is 44.4. The summed E-state index contributed by atoms with van der Waals surface area (Å²) in [6.07, 6.45) is 0. The minimum Gasteiger partial charge on any atom is -0.334 e. The summed E-state index contributed by atoms with van der Waals surface area (Å²) in [6, 6.07) is 38.9. The summed E-state index contributed by atoms with van der Waals surface area (Å²) in [5.74, 6) is 0. The van der Waals surface area contributed by atoms with Gasteiger partial charge in [0, 0.05) is 95.4 Å². The maximum absolute atomic E-state index is 12.3. The first-order valence-electron chi connectivity index (χ1n) is 46.1. The Morgan fingerprint density at radius 2 is 0.885 bits per heavy atom. The molecule has 0 spiro atoms. The van der Waals surface area contributed by atoms with Crippen LogP contribution >= 0.6 is 0 Å². The Bertz CT molecular complexity index is 7520. The van der Waals surface area contributed by atoms with Crippen molar-refractivity contribution >= 4 is 101 Å². The molecule has 104 heavy (non-hydrogen) atoms. The average molecular weight is 1590 g/mol. The maximum Gasteiger partial charge on any atom is 0.252 e. The van der Waals surface area contributed by atoms with E-state index in [1.807, 2.05) is 101 Å². The summed E-state index contributed by atoms with van der Waals surface area (Å²) in [7, 11) is 0. The van der Waals surface area contributed by atoms with Gasteiger partial charge in [-0.2, -0.15) is 29.5 Å². The van der Waals surface area contributed by atoms with Gasteiger partial charge in [0.15, 0.2) is 0 Å². The molecule has 0 radical (unpaired) electrons. The molecule has 4 heterocycles. The van der Waals surface area contributed by atoms with Crippen LogP contribution in [0.2, 0.25) is 0 Å². The van der Waals surface area contributed by atoms with Crippen molar-refractivity contribution in [1.29, 1.82) is 5.26 Å². The molecule has 16 aromatic rings. The number of fused-ring (bicyclic) bond motifs is 10. The molecule has 0 saturated heterocycles. The van der Waals surface area contributed by atoms with Gasteiger partial charge in [-0.25, -0.2) is 0 Å². The van der Waals surface area contributed by atoms with Crippen LogP contribution in [0.15, 0.2) is 303 Å². The molecule has 0 saturated carbocycles. The number of benzene rings is 14. The molecule has 0 N–H and O–H groups in total. The van der Waals surface area contributed by atoms with Crippen molar-refractivity contribution in [3.8, 4) is 73.1 Å². The molecule has 0 unspecified atom stereocenters. The molecule has 0 atom stereocenters. The molecule has 2 aliphatic heterocycles. The molecule has 5 nitrogen and oxygen atoms in total. The van der Waals surface area contributed by atoms with Crippen LogP contribution in [-0.2, 0) is 16.2 Å². The van der Waals surface area contributed by atoms with Gasteiger partial charge in [0.05, 0.1) is 56.8 Å². The second-order valence-corrected chi connectivity index (χ2v) is 29.4. The Labute approximate surface area is 668 Å². The van der Waals surface area contributed by atoms with E-state index < -0.39 is 179 Å². The molecule has 0 amide bonds. The average Bonchev–Trinajstić information content (AvgIpc) is 1.08. The fourth-order valence-electron chi connectivity index (χ4n) is 15.0. The van der Waals surface area contributed by atoms with E-state index in [0.29, 0.717) is 55.8 Å². The number of anilines is 6. The number of nitrogens with zero attached hydrogens (tertiary/aromatic N) is 5. The van der Waals surface area contributed by atoms with Gasteiger partial charge in [0.1, 0.15) is 6.07 Å². The number of aromatic nitrogens is 2. The van der Waals surface area contributed by atoms with Gasteiger partial charge in [-0.15, -0.1) is 5.39 Å². The van der Waals surface area contributed by atoms with E-state index in [9.17, 15) is 32.7 Å². The number of hydrogen-bond donors (Lipinski definition) is 0. The van der Waals surface area contributed by atoms with Crippen molar-refractivity contribution in [3.63, 3.8) is 0 Å². The van der Waals surface area contributed by atoms with Gasteiger partial charge >= 0.3 is 0 Å². The summed E-state index contributed by atoms with van der Waals surface area (Å²) in [5, 5.41) is 11.3. The summed E-state index contributed by atoms with van der Waals surface area (Å²) < 4.78 is 230. The Hall–Kier alpha value is -11.1. The Kier molecular flexibility index (Phi) is 10.8.